The van der Waals surface area contributed by atoms with Crippen LogP contribution in [0.5, 0.6) is 5.75 Å². The van der Waals surface area contributed by atoms with E-state index in [1.54, 1.807) is 6.20 Å². The molecule has 5 heteroatoms. The molecule has 126 valence electrons. The maximum absolute atomic E-state index is 5.72. The number of ether oxygens (including phenoxy) is 2. The molecule has 5 nitrogen and oxygen atoms in total. The van der Waals surface area contributed by atoms with Crippen LogP contribution in [-0.2, 0) is 4.74 Å². The largest absolute Gasteiger partial charge is 0.490 e. The smallest absolute Gasteiger partial charge is 0.138 e. The predicted molar refractivity (Wildman–Crippen MR) is 97.8 cm³/mol. The molecule has 1 aromatic carbocycles. The van der Waals surface area contributed by atoms with Crippen molar-refractivity contribution in [1.29, 1.82) is 0 Å². The van der Waals surface area contributed by atoms with Crippen molar-refractivity contribution in [2.24, 2.45) is 0 Å². The van der Waals surface area contributed by atoms with Crippen LogP contribution in [0, 0.1) is 0 Å². The lowest BCUT2D eigenvalue weighted by atomic mass is 9.98. The minimum absolute atomic E-state index is 0.514. The van der Waals surface area contributed by atoms with Crippen molar-refractivity contribution >= 4 is 16.9 Å². The Balaban J connectivity index is 1.98. The first-order valence-corrected chi connectivity index (χ1v) is 8.19. The second-order valence-corrected chi connectivity index (χ2v) is 5.64. The highest BCUT2D eigenvalue weighted by molar-refractivity contribution is 5.86. The summed E-state index contributed by atoms with van der Waals surface area (Å²) in [5.74, 6) is 0.729. The van der Waals surface area contributed by atoms with Gasteiger partial charge in [0.05, 0.1) is 12.8 Å². The van der Waals surface area contributed by atoms with E-state index in [4.69, 9.17) is 9.47 Å². The van der Waals surface area contributed by atoms with Crippen LogP contribution in [0.4, 0.5) is 11.4 Å². The van der Waals surface area contributed by atoms with Crippen molar-refractivity contribution in [3.8, 4) is 5.75 Å². The van der Waals surface area contributed by atoms with E-state index >= 15 is 0 Å². The number of pyridine rings is 1. The molecule has 0 unspecified atom stereocenters. The Hall–Kier alpha value is -2.53. The van der Waals surface area contributed by atoms with Crippen LogP contribution >= 0.6 is 0 Å². The fourth-order valence-corrected chi connectivity index (χ4v) is 2.67. The lowest BCUT2D eigenvalue weighted by Crippen LogP contribution is -2.10. The van der Waals surface area contributed by atoms with E-state index in [0.717, 1.165) is 46.8 Å². The molecule has 0 amide bonds. The van der Waals surface area contributed by atoms with Gasteiger partial charge >= 0.3 is 0 Å². The molecular weight excluding hydrogens is 302 g/mol. The van der Waals surface area contributed by atoms with E-state index in [9.17, 15) is 0 Å². The van der Waals surface area contributed by atoms with Gasteiger partial charge in [-0.25, -0.2) is 0 Å². The monoisotopic (exact) mass is 325 g/mol. The highest BCUT2D eigenvalue weighted by Crippen LogP contribution is 2.31. The number of aromatic nitrogens is 1. The van der Waals surface area contributed by atoms with Gasteiger partial charge in [-0.15, -0.1) is 0 Å². The first-order valence-electron chi connectivity index (χ1n) is 8.19. The molecule has 2 N–H and O–H groups in total. The zero-order valence-corrected chi connectivity index (χ0v) is 14.0. The van der Waals surface area contributed by atoms with Gasteiger partial charge in [-0.3, -0.25) is 4.98 Å². The Bertz CT molecular complexity index is 716. The summed E-state index contributed by atoms with van der Waals surface area (Å²) in [5, 5.41) is 6.67. The molecule has 0 spiro atoms. The van der Waals surface area contributed by atoms with Crippen molar-refractivity contribution < 1.29 is 9.47 Å². The number of nitrogens with zero attached hydrogens (tertiary/aromatic N) is 1. The third-order valence-electron chi connectivity index (χ3n) is 3.97. The van der Waals surface area contributed by atoms with Crippen molar-refractivity contribution in [3.63, 3.8) is 0 Å². The van der Waals surface area contributed by atoms with E-state index in [2.05, 4.69) is 40.4 Å². The van der Waals surface area contributed by atoms with Crippen molar-refractivity contribution in [1.82, 2.24) is 4.98 Å². The van der Waals surface area contributed by atoms with E-state index in [0.29, 0.717) is 19.8 Å². The summed E-state index contributed by atoms with van der Waals surface area (Å²) < 4.78 is 11.3. The molecule has 0 radical (unpaired) electrons. The van der Waals surface area contributed by atoms with Gasteiger partial charge in [-0.05, 0) is 36.3 Å². The zero-order chi connectivity index (χ0) is 16.8. The summed E-state index contributed by atoms with van der Waals surface area (Å²) in [7, 11) is 1.91. The number of hydrogen-bond donors (Lipinski definition) is 2. The SMILES string of the molecule is C=C1c2cncc(c2)OCCOCCCNc2ccc(NC)c1c2. The van der Waals surface area contributed by atoms with Crippen molar-refractivity contribution in [3.05, 3.63) is 54.4 Å². The molecule has 4 bridgehead atoms. The maximum Gasteiger partial charge on any atom is 0.138 e. The molecule has 2 heterocycles. The van der Waals surface area contributed by atoms with Crippen LogP contribution in [0.1, 0.15) is 17.5 Å². The molecule has 1 aromatic heterocycles. The number of hydrogen-bond acceptors (Lipinski definition) is 5. The van der Waals surface area contributed by atoms with Gasteiger partial charge in [0.2, 0.25) is 0 Å². The number of rotatable bonds is 1. The lowest BCUT2D eigenvalue weighted by molar-refractivity contribution is 0.0998. The summed E-state index contributed by atoms with van der Waals surface area (Å²) in [4.78, 5) is 4.28. The van der Waals surface area contributed by atoms with Gasteiger partial charge in [-0.2, -0.15) is 0 Å². The molecule has 0 saturated carbocycles. The Kier molecular flexibility index (Phi) is 5.33. The quantitative estimate of drug-likeness (QED) is 0.842. The van der Waals surface area contributed by atoms with E-state index in [1.807, 2.05) is 19.3 Å². The highest BCUT2D eigenvalue weighted by atomic mass is 16.5. The van der Waals surface area contributed by atoms with Gasteiger partial charge in [0.1, 0.15) is 12.4 Å². The molecule has 3 rings (SSSR count). The molecule has 0 saturated heterocycles. The Morgan fingerprint density at radius 2 is 2.08 bits per heavy atom. The maximum atomic E-state index is 5.72. The number of fused-ring (bicyclic) bond motifs is 4. The minimum Gasteiger partial charge on any atom is -0.490 e. The molecule has 2 aromatic rings. The van der Waals surface area contributed by atoms with Crippen LogP contribution in [0.2, 0.25) is 0 Å². The summed E-state index contributed by atoms with van der Waals surface area (Å²) in [6.07, 6.45) is 4.47. The molecule has 0 atom stereocenters. The lowest BCUT2D eigenvalue weighted by Gasteiger charge is -2.15. The van der Waals surface area contributed by atoms with Gasteiger partial charge in [-0.1, -0.05) is 6.58 Å². The van der Waals surface area contributed by atoms with Crippen LogP contribution in [0.3, 0.4) is 0 Å². The summed E-state index contributed by atoms with van der Waals surface area (Å²) >= 11 is 0. The second kappa shape index (κ2) is 7.84. The van der Waals surface area contributed by atoms with Crippen LogP contribution in [-0.4, -0.2) is 38.4 Å². The Morgan fingerprint density at radius 3 is 2.96 bits per heavy atom. The van der Waals surface area contributed by atoms with Crippen molar-refractivity contribution in [2.75, 3.05) is 44.0 Å². The fraction of sp³-hybridized carbons (Fsp3) is 0.316. The molecule has 1 aliphatic heterocycles. The average molecular weight is 325 g/mol. The minimum atomic E-state index is 0.514. The summed E-state index contributed by atoms with van der Waals surface area (Å²) in [6.45, 7) is 6.93. The van der Waals surface area contributed by atoms with Gasteiger partial charge in [0.15, 0.2) is 0 Å². The predicted octanol–water partition coefficient (Wildman–Crippen LogP) is 3.40. The van der Waals surface area contributed by atoms with Crippen LogP contribution < -0.4 is 15.4 Å². The van der Waals surface area contributed by atoms with Crippen molar-refractivity contribution in [2.45, 2.75) is 6.42 Å². The molecule has 0 fully saturated rings. The number of nitrogens with one attached hydrogen (secondary N) is 2. The Labute approximate surface area is 142 Å². The topological polar surface area (TPSA) is 55.4 Å². The first kappa shape index (κ1) is 16.3. The fourth-order valence-electron chi connectivity index (χ4n) is 2.67. The van der Waals surface area contributed by atoms with E-state index < -0.39 is 0 Å². The molecule has 24 heavy (non-hydrogen) atoms. The first-order chi connectivity index (χ1) is 11.8. The molecule has 1 aliphatic rings. The zero-order valence-electron chi connectivity index (χ0n) is 14.0. The molecule has 0 aliphatic carbocycles. The summed E-state index contributed by atoms with van der Waals surface area (Å²) in [5.41, 5.74) is 5.00. The van der Waals surface area contributed by atoms with E-state index in [1.165, 1.54) is 0 Å². The second-order valence-electron chi connectivity index (χ2n) is 5.64. The number of benzene rings is 1. The normalized spacial score (nSPS) is 15.5. The Morgan fingerprint density at radius 1 is 1.17 bits per heavy atom. The number of anilines is 2. The highest BCUT2D eigenvalue weighted by Gasteiger charge is 2.11. The third-order valence-corrected chi connectivity index (χ3v) is 3.97. The average Bonchev–Trinajstić information content (AvgIpc) is 2.63. The summed E-state index contributed by atoms with van der Waals surface area (Å²) in [6, 6.07) is 8.21. The van der Waals surface area contributed by atoms with E-state index in [-0.39, 0.29) is 0 Å². The molecular formula is C19H23N3O2. The standard InChI is InChI=1S/C19H23N3O2/c1-14-15-10-17(13-21-12-15)24-9-8-23-7-3-6-22-16-4-5-19(20-2)18(14)11-16/h4-5,10-13,20,22H,1,3,6-9H2,2H3. The third kappa shape index (κ3) is 3.86. The van der Waals surface area contributed by atoms with Gasteiger partial charge in [0.25, 0.3) is 0 Å². The van der Waals surface area contributed by atoms with Crippen LogP contribution in [0.15, 0.2) is 43.2 Å². The van der Waals surface area contributed by atoms with Gasteiger partial charge in [0, 0.05) is 48.9 Å². The van der Waals surface area contributed by atoms with Crippen LogP contribution in [0.25, 0.3) is 5.57 Å². The van der Waals surface area contributed by atoms with Gasteiger partial charge < -0.3 is 20.1 Å².